The van der Waals surface area contributed by atoms with Crippen LogP contribution in [-0.4, -0.2) is 19.8 Å². The number of hydrogen-bond acceptors (Lipinski definition) is 4. The van der Waals surface area contributed by atoms with Crippen molar-refractivity contribution in [2.45, 2.75) is 0 Å². The lowest BCUT2D eigenvalue weighted by atomic mass is 10.1. The lowest BCUT2D eigenvalue weighted by Gasteiger charge is -2.06. The van der Waals surface area contributed by atoms with Gasteiger partial charge in [0.25, 0.3) is 0 Å². The van der Waals surface area contributed by atoms with E-state index in [1.165, 1.54) is 0 Å². The Morgan fingerprint density at radius 1 is 0.773 bits per heavy atom. The molecule has 106 valence electrons. The normalized spacial score (nSPS) is 10.7. The van der Waals surface area contributed by atoms with Crippen LogP contribution in [0, 0.1) is 0 Å². The summed E-state index contributed by atoms with van der Waals surface area (Å²) in [6.07, 6.45) is 1.59. The number of ether oxygens (including phenoxy) is 1. The van der Waals surface area contributed by atoms with Crippen LogP contribution in [0.1, 0.15) is 0 Å². The number of benzene rings is 2. The molecular formula is C17H12N4O. The Balaban J connectivity index is 1.61. The van der Waals surface area contributed by atoms with Crippen LogP contribution in [0.4, 0.5) is 0 Å². The number of hydrogen-bond donors (Lipinski definition) is 0. The molecule has 0 aliphatic rings. The van der Waals surface area contributed by atoms with E-state index < -0.39 is 0 Å². The Morgan fingerprint density at radius 2 is 1.55 bits per heavy atom. The molecule has 4 rings (SSSR count). The molecule has 0 aliphatic carbocycles. The summed E-state index contributed by atoms with van der Waals surface area (Å²) < 4.78 is 7.44. The summed E-state index contributed by atoms with van der Waals surface area (Å²) in [5.74, 6) is 1.61. The molecule has 0 amide bonds. The fourth-order valence-corrected chi connectivity index (χ4v) is 2.20. The second kappa shape index (κ2) is 5.29. The van der Waals surface area contributed by atoms with Crippen molar-refractivity contribution in [1.82, 2.24) is 19.8 Å². The smallest absolute Gasteiger partial charge is 0.177 e. The van der Waals surface area contributed by atoms with Gasteiger partial charge >= 0.3 is 0 Å². The zero-order valence-corrected chi connectivity index (χ0v) is 11.6. The first-order valence-corrected chi connectivity index (χ1v) is 6.89. The Morgan fingerprint density at radius 3 is 2.36 bits per heavy atom. The third kappa shape index (κ3) is 2.40. The molecule has 2 heterocycles. The first-order valence-electron chi connectivity index (χ1n) is 6.89. The van der Waals surface area contributed by atoms with Crippen molar-refractivity contribution in [3.05, 3.63) is 73.1 Å². The van der Waals surface area contributed by atoms with E-state index in [9.17, 15) is 0 Å². The number of aromatic nitrogens is 4. The fourth-order valence-electron chi connectivity index (χ4n) is 2.20. The molecule has 0 radical (unpaired) electrons. The molecule has 0 aliphatic heterocycles. The van der Waals surface area contributed by atoms with Crippen LogP contribution in [0.5, 0.6) is 11.5 Å². The van der Waals surface area contributed by atoms with E-state index in [0.29, 0.717) is 0 Å². The highest BCUT2D eigenvalue weighted by atomic mass is 16.5. The first-order chi connectivity index (χ1) is 10.9. The van der Waals surface area contributed by atoms with Crippen LogP contribution in [0.15, 0.2) is 73.1 Å². The van der Waals surface area contributed by atoms with E-state index in [-0.39, 0.29) is 0 Å². The van der Waals surface area contributed by atoms with Gasteiger partial charge in [0.2, 0.25) is 0 Å². The monoisotopic (exact) mass is 288 g/mol. The van der Waals surface area contributed by atoms with Gasteiger partial charge in [-0.25, -0.2) is 0 Å². The van der Waals surface area contributed by atoms with Gasteiger partial charge in [0.15, 0.2) is 5.65 Å². The van der Waals surface area contributed by atoms with Gasteiger partial charge < -0.3 is 4.74 Å². The molecule has 5 heteroatoms. The highest BCUT2D eigenvalue weighted by Crippen LogP contribution is 2.24. The Hall–Kier alpha value is -3.21. The predicted molar refractivity (Wildman–Crippen MR) is 82.7 cm³/mol. The van der Waals surface area contributed by atoms with Crippen molar-refractivity contribution in [1.29, 1.82) is 0 Å². The van der Waals surface area contributed by atoms with Crippen molar-refractivity contribution >= 4 is 5.65 Å². The van der Waals surface area contributed by atoms with Crippen LogP contribution in [-0.2, 0) is 0 Å². The topological polar surface area (TPSA) is 52.3 Å². The maximum Gasteiger partial charge on any atom is 0.177 e. The van der Waals surface area contributed by atoms with Crippen LogP contribution < -0.4 is 4.74 Å². The minimum Gasteiger partial charge on any atom is -0.457 e. The molecule has 0 N–H and O–H groups in total. The molecule has 0 saturated heterocycles. The second-order valence-corrected chi connectivity index (χ2v) is 4.79. The molecule has 0 fully saturated rings. The third-order valence-corrected chi connectivity index (χ3v) is 3.29. The van der Waals surface area contributed by atoms with Crippen molar-refractivity contribution in [3.63, 3.8) is 0 Å². The lowest BCUT2D eigenvalue weighted by Crippen LogP contribution is -1.93. The van der Waals surface area contributed by atoms with Crippen molar-refractivity contribution in [2.24, 2.45) is 0 Å². The lowest BCUT2D eigenvalue weighted by molar-refractivity contribution is 0.483. The predicted octanol–water partition coefficient (Wildman–Crippen LogP) is 3.58. The average molecular weight is 288 g/mol. The Kier molecular flexibility index (Phi) is 3.01. The van der Waals surface area contributed by atoms with Gasteiger partial charge in [0.05, 0.1) is 5.69 Å². The van der Waals surface area contributed by atoms with E-state index in [2.05, 4.69) is 15.3 Å². The van der Waals surface area contributed by atoms with E-state index in [0.717, 1.165) is 28.4 Å². The SMILES string of the molecule is c1ccc(Oc2ccc(-c3ccc4nncn4n3)cc2)cc1. The van der Waals surface area contributed by atoms with Gasteiger partial charge in [-0.1, -0.05) is 18.2 Å². The standard InChI is InChI=1S/C17H12N4O/c1-2-4-14(5-3-1)22-15-8-6-13(7-9-15)16-10-11-17-19-18-12-21(17)20-16/h1-12H. The van der Waals surface area contributed by atoms with Gasteiger partial charge in [-0.3, -0.25) is 0 Å². The summed E-state index contributed by atoms with van der Waals surface area (Å²) in [5, 5.41) is 12.2. The number of fused-ring (bicyclic) bond motifs is 1. The highest BCUT2D eigenvalue weighted by Gasteiger charge is 2.03. The van der Waals surface area contributed by atoms with Crippen LogP contribution in [0.3, 0.4) is 0 Å². The summed E-state index contributed by atoms with van der Waals surface area (Å²) in [4.78, 5) is 0. The molecule has 2 aromatic heterocycles. The van der Waals surface area contributed by atoms with Gasteiger partial charge in [-0.15, -0.1) is 10.2 Å². The van der Waals surface area contributed by atoms with E-state index >= 15 is 0 Å². The molecule has 4 aromatic rings. The quantitative estimate of drug-likeness (QED) is 0.578. The zero-order chi connectivity index (χ0) is 14.8. The Labute approximate surface area is 126 Å². The first kappa shape index (κ1) is 12.5. The maximum absolute atomic E-state index is 5.78. The van der Waals surface area contributed by atoms with Crippen molar-refractivity contribution < 1.29 is 4.74 Å². The number of para-hydroxylation sites is 1. The summed E-state index contributed by atoms with van der Waals surface area (Å²) in [7, 11) is 0. The van der Waals surface area contributed by atoms with E-state index in [1.54, 1.807) is 10.8 Å². The van der Waals surface area contributed by atoms with Gasteiger partial charge in [0.1, 0.15) is 17.8 Å². The largest absolute Gasteiger partial charge is 0.457 e. The summed E-state index contributed by atoms with van der Waals surface area (Å²) in [6.45, 7) is 0. The molecule has 0 bridgehead atoms. The molecule has 0 saturated carbocycles. The molecule has 0 unspecified atom stereocenters. The molecule has 0 spiro atoms. The molecule has 2 aromatic carbocycles. The zero-order valence-electron chi connectivity index (χ0n) is 11.6. The molecule has 22 heavy (non-hydrogen) atoms. The van der Waals surface area contributed by atoms with E-state index in [4.69, 9.17) is 4.74 Å². The van der Waals surface area contributed by atoms with Gasteiger partial charge in [-0.2, -0.15) is 9.61 Å². The average Bonchev–Trinajstić information content (AvgIpc) is 3.04. The second-order valence-electron chi connectivity index (χ2n) is 4.79. The van der Waals surface area contributed by atoms with Crippen LogP contribution >= 0.6 is 0 Å². The maximum atomic E-state index is 5.78. The highest BCUT2D eigenvalue weighted by molar-refractivity contribution is 5.61. The van der Waals surface area contributed by atoms with E-state index in [1.807, 2.05) is 66.7 Å². The molecule has 5 nitrogen and oxygen atoms in total. The summed E-state index contributed by atoms with van der Waals surface area (Å²) in [5.41, 5.74) is 2.60. The summed E-state index contributed by atoms with van der Waals surface area (Å²) >= 11 is 0. The number of rotatable bonds is 3. The van der Waals surface area contributed by atoms with Crippen LogP contribution in [0.25, 0.3) is 16.9 Å². The Bertz CT molecular complexity index is 901. The van der Waals surface area contributed by atoms with Crippen molar-refractivity contribution in [2.75, 3.05) is 0 Å². The van der Waals surface area contributed by atoms with Gasteiger partial charge in [0, 0.05) is 5.56 Å². The minimum atomic E-state index is 0.729. The third-order valence-electron chi connectivity index (χ3n) is 3.29. The van der Waals surface area contributed by atoms with Crippen LogP contribution in [0.2, 0.25) is 0 Å². The summed E-state index contributed by atoms with van der Waals surface area (Å²) in [6, 6.07) is 21.4. The molecular weight excluding hydrogens is 276 g/mol. The van der Waals surface area contributed by atoms with Gasteiger partial charge in [-0.05, 0) is 48.5 Å². The minimum absolute atomic E-state index is 0.729. The number of nitrogens with zero attached hydrogens (tertiary/aromatic N) is 4. The molecule has 0 atom stereocenters. The fraction of sp³-hybridized carbons (Fsp3) is 0. The van der Waals surface area contributed by atoms with Crippen molar-refractivity contribution in [3.8, 4) is 22.8 Å².